The number of benzene rings is 3. The molecule has 0 radical (unpaired) electrons. The molecule has 1 aliphatic carbocycles. The first-order chi connectivity index (χ1) is 16.2. The monoisotopic (exact) mass is 494 g/mol. The molecule has 0 fully saturated rings. The van der Waals surface area contributed by atoms with Gasteiger partial charge >= 0.3 is 11.9 Å². The van der Waals surface area contributed by atoms with E-state index in [0.29, 0.717) is 22.5 Å². The molecule has 0 spiro atoms. The van der Waals surface area contributed by atoms with E-state index in [-0.39, 0.29) is 23.5 Å². The molecule has 7 nitrogen and oxygen atoms in total. The van der Waals surface area contributed by atoms with Crippen LogP contribution in [0.15, 0.2) is 46.9 Å². The van der Waals surface area contributed by atoms with Gasteiger partial charge < -0.3 is 32.4 Å². The lowest BCUT2D eigenvalue weighted by Crippen LogP contribution is -3.00. The Bertz CT molecular complexity index is 1490. The van der Waals surface area contributed by atoms with Crippen LogP contribution in [-0.2, 0) is 0 Å². The number of carboxylic acids is 2. The fourth-order valence-corrected chi connectivity index (χ4v) is 4.32. The molecule has 0 saturated heterocycles. The Labute approximate surface area is 208 Å². The maximum absolute atomic E-state index is 12.2. The number of rotatable bonds is 6. The predicted molar refractivity (Wildman–Crippen MR) is 130 cm³/mol. The summed E-state index contributed by atoms with van der Waals surface area (Å²) in [5, 5.41) is 24.4. The van der Waals surface area contributed by atoms with E-state index in [1.807, 2.05) is 52.0 Å². The third-order valence-electron chi connectivity index (χ3n) is 5.91. The molecular formula is C27H27ClN2O5. The fourth-order valence-electron chi connectivity index (χ4n) is 4.32. The van der Waals surface area contributed by atoms with Crippen molar-refractivity contribution in [1.82, 2.24) is 0 Å². The second-order valence-corrected chi connectivity index (χ2v) is 8.23. The van der Waals surface area contributed by atoms with Crippen LogP contribution in [-0.4, -0.2) is 35.2 Å². The predicted octanol–water partition coefficient (Wildman–Crippen LogP) is 0.655. The van der Waals surface area contributed by atoms with Crippen LogP contribution in [0.2, 0.25) is 0 Å². The number of aryl methyl sites for hydroxylation is 2. The molecule has 0 bridgehead atoms. The normalized spacial score (nSPS) is 11.5. The van der Waals surface area contributed by atoms with Gasteiger partial charge in [0.25, 0.3) is 0 Å². The number of fused-ring (bicyclic) bond motifs is 2. The molecule has 1 heterocycles. The molecular weight excluding hydrogens is 468 g/mol. The van der Waals surface area contributed by atoms with Crippen LogP contribution in [0.1, 0.15) is 45.7 Å². The summed E-state index contributed by atoms with van der Waals surface area (Å²) in [5.74, 6) is -1.76. The van der Waals surface area contributed by atoms with Crippen molar-refractivity contribution in [3.8, 4) is 22.5 Å². The van der Waals surface area contributed by atoms with Gasteiger partial charge in [0.2, 0.25) is 5.36 Å². The number of hydrogen-bond acceptors (Lipinski definition) is 4. The van der Waals surface area contributed by atoms with Gasteiger partial charge in [-0.05, 0) is 63.1 Å². The molecule has 4 rings (SSSR count). The Hall–Kier alpha value is -3.84. The van der Waals surface area contributed by atoms with E-state index < -0.39 is 11.9 Å². The first-order valence-corrected chi connectivity index (χ1v) is 11.2. The topological polar surface area (TPSA) is 114 Å². The lowest BCUT2D eigenvalue weighted by Gasteiger charge is -2.19. The molecule has 4 N–H and O–H groups in total. The summed E-state index contributed by atoms with van der Waals surface area (Å²) in [4.78, 5) is 27.1. The SMILES string of the molecule is CCNc1cc2oc3cc(=[NH+]CC)c(C)cc-3c(-c3ccc(C(=O)O)cc3C(=O)O)c2cc1C.[Cl-]. The first kappa shape index (κ1) is 25.8. The van der Waals surface area contributed by atoms with Gasteiger partial charge in [0, 0.05) is 40.4 Å². The molecule has 2 aliphatic rings. The maximum atomic E-state index is 12.2. The highest BCUT2D eigenvalue weighted by Crippen LogP contribution is 2.43. The Kier molecular flexibility index (Phi) is 7.51. The molecule has 0 amide bonds. The summed E-state index contributed by atoms with van der Waals surface area (Å²) in [6.45, 7) is 9.49. The minimum absolute atomic E-state index is 0. The zero-order chi connectivity index (χ0) is 24.6. The van der Waals surface area contributed by atoms with Crippen LogP contribution in [0.25, 0.3) is 33.4 Å². The summed E-state index contributed by atoms with van der Waals surface area (Å²) in [7, 11) is 0. The van der Waals surface area contributed by atoms with Crippen molar-refractivity contribution in [3.63, 3.8) is 0 Å². The molecule has 0 saturated carbocycles. The van der Waals surface area contributed by atoms with Gasteiger partial charge in [0.05, 0.1) is 17.2 Å². The average molecular weight is 495 g/mol. The van der Waals surface area contributed by atoms with Crippen LogP contribution in [0.3, 0.4) is 0 Å². The molecule has 0 atom stereocenters. The summed E-state index contributed by atoms with van der Waals surface area (Å²) >= 11 is 0. The lowest BCUT2D eigenvalue weighted by atomic mass is 9.88. The number of aromatic carboxylic acids is 2. The maximum Gasteiger partial charge on any atom is 0.336 e. The highest BCUT2D eigenvalue weighted by atomic mass is 35.5. The minimum Gasteiger partial charge on any atom is -1.00 e. The van der Waals surface area contributed by atoms with E-state index >= 15 is 0 Å². The lowest BCUT2D eigenvalue weighted by molar-refractivity contribution is -0.496. The van der Waals surface area contributed by atoms with Gasteiger partial charge in [0.15, 0.2) is 0 Å². The fraction of sp³-hybridized carbons (Fsp3) is 0.222. The highest BCUT2D eigenvalue weighted by Gasteiger charge is 2.24. The van der Waals surface area contributed by atoms with Crippen molar-refractivity contribution in [2.75, 3.05) is 18.4 Å². The van der Waals surface area contributed by atoms with Crippen molar-refractivity contribution in [3.05, 3.63) is 70.1 Å². The van der Waals surface area contributed by atoms with Gasteiger partial charge in [0.1, 0.15) is 17.9 Å². The number of carboxylic acid groups (broad SMARTS) is 2. The summed E-state index contributed by atoms with van der Waals surface area (Å²) in [6.07, 6.45) is 0. The largest absolute Gasteiger partial charge is 1.00 e. The van der Waals surface area contributed by atoms with Crippen molar-refractivity contribution in [2.45, 2.75) is 27.7 Å². The Morgan fingerprint density at radius 3 is 2.31 bits per heavy atom. The van der Waals surface area contributed by atoms with Crippen LogP contribution in [0.4, 0.5) is 5.69 Å². The number of anilines is 1. The van der Waals surface area contributed by atoms with Crippen LogP contribution in [0, 0.1) is 13.8 Å². The third kappa shape index (κ3) is 4.72. The zero-order valence-corrected chi connectivity index (χ0v) is 20.7. The molecule has 35 heavy (non-hydrogen) atoms. The summed E-state index contributed by atoms with van der Waals surface area (Å²) < 4.78 is 6.33. The van der Waals surface area contributed by atoms with E-state index in [1.165, 1.54) is 12.1 Å². The standard InChI is InChI=1S/C27H26N2O5.ClH/c1-5-28-21-12-23-19(9-14(21)3)25(17-8-7-16(26(30)31)11-18(17)27(32)33)20-10-15(4)22(29-6-2)13-24(20)34-23;/h7-13,28H,5-6H2,1-4H3,(H,30,31)(H,32,33);1H. The molecule has 2 aromatic rings. The summed E-state index contributed by atoms with van der Waals surface area (Å²) in [5.41, 5.74) is 5.26. The number of hydrogen-bond donors (Lipinski definition) is 4. The molecule has 0 aromatic heterocycles. The molecule has 2 aromatic carbocycles. The highest BCUT2D eigenvalue weighted by molar-refractivity contribution is 6.09. The van der Waals surface area contributed by atoms with E-state index in [0.717, 1.165) is 46.2 Å². The van der Waals surface area contributed by atoms with E-state index in [2.05, 4.69) is 10.3 Å². The summed E-state index contributed by atoms with van der Waals surface area (Å²) in [6, 6.07) is 12.0. The van der Waals surface area contributed by atoms with Gasteiger partial charge in [-0.25, -0.2) is 14.6 Å². The molecule has 0 unspecified atom stereocenters. The van der Waals surface area contributed by atoms with Crippen molar-refractivity contribution < 1.29 is 41.6 Å². The van der Waals surface area contributed by atoms with Crippen molar-refractivity contribution in [1.29, 1.82) is 0 Å². The number of carbonyl (C=O) groups is 2. The quantitative estimate of drug-likeness (QED) is 0.293. The third-order valence-corrected chi connectivity index (χ3v) is 5.91. The number of halogens is 1. The van der Waals surface area contributed by atoms with Crippen molar-refractivity contribution >= 4 is 28.6 Å². The van der Waals surface area contributed by atoms with Crippen LogP contribution >= 0.6 is 0 Å². The van der Waals surface area contributed by atoms with Crippen LogP contribution in [0.5, 0.6) is 0 Å². The Balaban J connectivity index is 0.00000342. The van der Waals surface area contributed by atoms with E-state index in [9.17, 15) is 19.8 Å². The Morgan fingerprint density at radius 2 is 1.69 bits per heavy atom. The van der Waals surface area contributed by atoms with Gasteiger partial charge in [-0.1, -0.05) is 6.07 Å². The minimum atomic E-state index is -1.19. The first-order valence-electron chi connectivity index (χ1n) is 11.2. The van der Waals surface area contributed by atoms with Gasteiger partial charge in [-0.2, -0.15) is 0 Å². The van der Waals surface area contributed by atoms with E-state index in [4.69, 9.17) is 4.42 Å². The molecule has 8 heteroatoms. The smallest absolute Gasteiger partial charge is 0.336 e. The Morgan fingerprint density at radius 1 is 0.943 bits per heavy atom. The average Bonchev–Trinajstić information content (AvgIpc) is 2.79. The molecule has 182 valence electrons. The van der Waals surface area contributed by atoms with Crippen molar-refractivity contribution in [2.24, 2.45) is 0 Å². The van der Waals surface area contributed by atoms with E-state index in [1.54, 1.807) is 6.07 Å². The molecule has 1 aliphatic heterocycles. The van der Waals surface area contributed by atoms with Gasteiger partial charge in [-0.15, -0.1) is 0 Å². The van der Waals surface area contributed by atoms with Crippen LogP contribution < -0.4 is 28.1 Å². The zero-order valence-electron chi connectivity index (χ0n) is 20.0. The number of nitrogens with one attached hydrogen (secondary N) is 2. The second kappa shape index (κ2) is 10.2. The van der Waals surface area contributed by atoms with Gasteiger partial charge in [-0.3, -0.25) is 0 Å². The second-order valence-electron chi connectivity index (χ2n) is 8.23.